The Morgan fingerprint density at radius 1 is 1.26 bits per heavy atom. The van der Waals surface area contributed by atoms with Gasteiger partial charge in [0.15, 0.2) is 0 Å². The summed E-state index contributed by atoms with van der Waals surface area (Å²) in [6, 6.07) is 4.39. The zero-order chi connectivity index (χ0) is 16.6. The summed E-state index contributed by atoms with van der Waals surface area (Å²) in [6.45, 7) is 1.05. The van der Waals surface area contributed by atoms with Crippen molar-refractivity contribution in [3.63, 3.8) is 0 Å². The molecule has 1 aromatic carbocycles. The first kappa shape index (κ1) is 16.5. The van der Waals surface area contributed by atoms with Crippen LogP contribution in [0.25, 0.3) is 0 Å². The van der Waals surface area contributed by atoms with Crippen molar-refractivity contribution in [3.05, 3.63) is 28.8 Å². The number of carbonyl (C=O) groups is 1. The number of phenolic OH excluding ortho intramolecular Hbond substituents is 1. The number of hydrogen-bond donors (Lipinski definition) is 3. The van der Waals surface area contributed by atoms with E-state index in [1.807, 2.05) is 0 Å². The monoisotopic (exact) mass is 341 g/mol. The van der Waals surface area contributed by atoms with Gasteiger partial charge in [0.25, 0.3) is 5.91 Å². The molecule has 0 aromatic heterocycles. The summed E-state index contributed by atoms with van der Waals surface area (Å²) in [5.74, 6) is -0.358. The van der Waals surface area contributed by atoms with Crippen LogP contribution in [0.1, 0.15) is 29.6 Å². The van der Waals surface area contributed by atoms with Crippen LogP contribution in [0.4, 0.5) is 0 Å². The number of phenols is 1. The van der Waals surface area contributed by atoms with Crippen LogP contribution in [0.3, 0.4) is 0 Å². The van der Waals surface area contributed by atoms with Gasteiger partial charge in [0.1, 0.15) is 11.9 Å². The largest absolute Gasteiger partial charge is 0.507 e. The zero-order valence-electron chi connectivity index (χ0n) is 12.6. The molecule has 23 heavy (non-hydrogen) atoms. The number of hydrogen-bond acceptors (Lipinski definition) is 5. The number of halogens is 1. The predicted molar refractivity (Wildman–Crippen MR) is 83.6 cm³/mol. The molecule has 6 nitrogen and oxygen atoms in total. The van der Waals surface area contributed by atoms with Gasteiger partial charge in [-0.25, -0.2) is 0 Å². The number of amides is 1. The fourth-order valence-corrected chi connectivity index (χ4v) is 3.44. The highest BCUT2D eigenvalue weighted by Gasteiger charge is 2.43. The van der Waals surface area contributed by atoms with Crippen molar-refractivity contribution in [3.8, 4) is 5.75 Å². The fraction of sp³-hybridized carbons (Fsp3) is 0.562. The van der Waals surface area contributed by atoms with Crippen LogP contribution in [0.5, 0.6) is 5.75 Å². The maximum absolute atomic E-state index is 12.5. The number of ether oxygens (including phenoxy) is 1. The van der Waals surface area contributed by atoms with Gasteiger partial charge in [-0.05, 0) is 31.0 Å². The van der Waals surface area contributed by atoms with Crippen molar-refractivity contribution in [1.82, 2.24) is 4.90 Å². The van der Waals surface area contributed by atoms with Crippen LogP contribution < -0.4 is 0 Å². The summed E-state index contributed by atoms with van der Waals surface area (Å²) in [5.41, 5.74) is -0.292. The molecule has 2 fully saturated rings. The Hall–Kier alpha value is -1.34. The van der Waals surface area contributed by atoms with Crippen molar-refractivity contribution in [2.75, 3.05) is 19.7 Å². The van der Waals surface area contributed by atoms with Gasteiger partial charge in [-0.3, -0.25) is 4.79 Å². The third-order valence-corrected chi connectivity index (χ3v) is 4.97. The second-order valence-electron chi connectivity index (χ2n) is 6.29. The highest BCUT2D eigenvalue weighted by Crippen LogP contribution is 2.36. The van der Waals surface area contributed by atoms with Gasteiger partial charge in [-0.1, -0.05) is 11.6 Å². The molecule has 1 amide bonds. The third kappa shape index (κ3) is 3.30. The maximum atomic E-state index is 12.5. The molecule has 7 heteroatoms. The van der Waals surface area contributed by atoms with Gasteiger partial charge in [0, 0.05) is 24.5 Å². The lowest BCUT2D eigenvalue weighted by atomic mass is 9.82. The van der Waals surface area contributed by atoms with E-state index in [2.05, 4.69) is 0 Å². The summed E-state index contributed by atoms with van der Waals surface area (Å²) in [5, 5.41) is 29.7. The smallest absolute Gasteiger partial charge is 0.257 e. The number of aromatic hydroxyl groups is 1. The van der Waals surface area contributed by atoms with Crippen LogP contribution in [-0.4, -0.2) is 63.6 Å². The molecule has 2 aliphatic rings. The maximum Gasteiger partial charge on any atom is 0.257 e. The molecule has 3 N–H and O–H groups in total. The Kier molecular flexibility index (Phi) is 4.51. The zero-order valence-corrected chi connectivity index (χ0v) is 13.4. The second kappa shape index (κ2) is 6.28. The Labute approximate surface area is 139 Å². The molecule has 2 atom stereocenters. The Morgan fingerprint density at radius 3 is 2.61 bits per heavy atom. The minimum atomic E-state index is -0.844. The van der Waals surface area contributed by atoms with E-state index in [0.717, 1.165) is 0 Å². The van der Waals surface area contributed by atoms with Crippen LogP contribution in [0.15, 0.2) is 18.2 Å². The lowest BCUT2D eigenvalue weighted by Crippen LogP contribution is -2.55. The first-order valence-corrected chi connectivity index (χ1v) is 8.06. The van der Waals surface area contributed by atoms with E-state index in [1.165, 1.54) is 18.2 Å². The lowest BCUT2D eigenvalue weighted by molar-refractivity contribution is -0.185. The number of benzene rings is 1. The minimum Gasteiger partial charge on any atom is -0.507 e. The Balaban J connectivity index is 1.67. The number of piperidine rings is 1. The fourth-order valence-electron chi connectivity index (χ4n) is 3.27. The summed E-state index contributed by atoms with van der Waals surface area (Å²) >= 11 is 5.89. The van der Waals surface area contributed by atoms with Crippen LogP contribution in [-0.2, 0) is 4.74 Å². The Morgan fingerprint density at radius 2 is 1.96 bits per heavy atom. The number of aliphatic hydroxyl groups excluding tert-OH is 2. The number of aliphatic hydroxyl groups is 2. The molecule has 2 heterocycles. The molecular formula is C16H20ClNO5. The summed E-state index contributed by atoms with van der Waals surface area (Å²) < 4.78 is 5.75. The number of carbonyl (C=O) groups excluding carboxylic acids is 1. The first-order chi connectivity index (χ1) is 10.9. The SMILES string of the molecule is O=C(c1cc(Cl)ccc1O)N1CCC2(CC1)C[C@@H](O)[C@@H](O)CO2. The van der Waals surface area contributed by atoms with Gasteiger partial charge >= 0.3 is 0 Å². The van der Waals surface area contributed by atoms with Crippen LogP contribution in [0.2, 0.25) is 5.02 Å². The molecule has 1 aromatic rings. The summed E-state index contributed by atoms with van der Waals surface area (Å²) in [4.78, 5) is 14.2. The number of rotatable bonds is 1. The quantitative estimate of drug-likeness (QED) is 0.713. The standard InChI is InChI=1S/C16H20ClNO5/c17-10-1-2-12(19)11(7-10)15(22)18-5-3-16(4-6-18)8-13(20)14(21)9-23-16/h1-2,7,13-14,19-21H,3-6,8-9H2/t13-,14+/m1/s1. The minimum absolute atomic E-state index is 0.0906. The summed E-state index contributed by atoms with van der Waals surface area (Å²) in [6.07, 6.45) is -0.0848. The highest BCUT2D eigenvalue weighted by atomic mass is 35.5. The van der Waals surface area contributed by atoms with Crippen molar-refractivity contribution < 1.29 is 24.9 Å². The normalized spacial score (nSPS) is 27.2. The average Bonchev–Trinajstić information content (AvgIpc) is 2.54. The van der Waals surface area contributed by atoms with E-state index < -0.39 is 17.8 Å². The molecule has 2 saturated heterocycles. The topological polar surface area (TPSA) is 90.2 Å². The van der Waals surface area contributed by atoms with E-state index in [-0.39, 0.29) is 23.8 Å². The molecule has 0 radical (unpaired) electrons. The molecule has 0 aliphatic carbocycles. The number of likely N-dealkylation sites (tertiary alicyclic amines) is 1. The van der Waals surface area contributed by atoms with Crippen molar-refractivity contribution in [1.29, 1.82) is 0 Å². The first-order valence-electron chi connectivity index (χ1n) is 7.68. The van der Waals surface area contributed by atoms with E-state index in [4.69, 9.17) is 16.3 Å². The van der Waals surface area contributed by atoms with E-state index in [1.54, 1.807) is 4.90 Å². The van der Waals surface area contributed by atoms with Crippen LogP contribution >= 0.6 is 11.6 Å². The average molecular weight is 342 g/mol. The molecule has 1 spiro atoms. The predicted octanol–water partition coefficient (Wildman–Crippen LogP) is 1.16. The second-order valence-corrected chi connectivity index (χ2v) is 6.72. The number of nitrogens with zero attached hydrogens (tertiary/aromatic N) is 1. The van der Waals surface area contributed by atoms with Gasteiger partial charge < -0.3 is 25.0 Å². The third-order valence-electron chi connectivity index (χ3n) is 4.74. The van der Waals surface area contributed by atoms with E-state index >= 15 is 0 Å². The van der Waals surface area contributed by atoms with Crippen LogP contribution in [0, 0.1) is 0 Å². The highest BCUT2D eigenvalue weighted by molar-refractivity contribution is 6.31. The van der Waals surface area contributed by atoms with Crippen molar-refractivity contribution in [2.45, 2.75) is 37.1 Å². The molecule has 3 rings (SSSR count). The van der Waals surface area contributed by atoms with Crippen molar-refractivity contribution >= 4 is 17.5 Å². The Bertz CT molecular complexity index is 600. The van der Waals surface area contributed by atoms with Gasteiger partial charge in [-0.2, -0.15) is 0 Å². The molecule has 0 unspecified atom stereocenters. The van der Waals surface area contributed by atoms with Crippen molar-refractivity contribution in [2.24, 2.45) is 0 Å². The lowest BCUT2D eigenvalue weighted by Gasteiger charge is -2.46. The molecule has 126 valence electrons. The summed E-state index contributed by atoms with van der Waals surface area (Å²) in [7, 11) is 0. The molecule has 0 saturated carbocycles. The molecular weight excluding hydrogens is 322 g/mol. The van der Waals surface area contributed by atoms with E-state index in [0.29, 0.717) is 37.4 Å². The van der Waals surface area contributed by atoms with Gasteiger partial charge in [0.05, 0.1) is 23.9 Å². The van der Waals surface area contributed by atoms with Gasteiger partial charge in [-0.15, -0.1) is 0 Å². The molecule has 0 bridgehead atoms. The van der Waals surface area contributed by atoms with E-state index in [9.17, 15) is 20.1 Å². The van der Waals surface area contributed by atoms with Gasteiger partial charge in [0.2, 0.25) is 0 Å². The molecule has 2 aliphatic heterocycles.